The summed E-state index contributed by atoms with van der Waals surface area (Å²) in [6, 6.07) is 0. The largest absolute Gasteiger partial charge is 0.481 e. The highest BCUT2D eigenvalue weighted by Gasteiger charge is 2.29. The van der Waals surface area contributed by atoms with Crippen molar-refractivity contribution in [2.45, 2.75) is 24.5 Å². The molecule has 1 atom stereocenters. The number of carboxylic acid groups (broad SMARTS) is 2. The Hall–Kier alpha value is -1.15. The zero-order valence-corrected chi connectivity index (χ0v) is 10.4. The molecule has 17 heavy (non-hydrogen) atoms. The fourth-order valence-corrected chi connectivity index (χ4v) is 2.80. The summed E-state index contributed by atoms with van der Waals surface area (Å²) in [7, 11) is 0. The lowest BCUT2D eigenvalue weighted by Gasteiger charge is -2.18. The molecule has 0 saturated carbocycles. The van der Waals surface area contributed by atoms with E-state index in [1.807, 2.05) is 0 Å². The minimum Gasteiger partial charge on any atom is -0.481 e. The standard InChI is InChI=1S/C9H11NO5S2/c11-6-2-1-3-10(6)9(16)17-5(8(14)15)4-7(12)13/h5H,1-4H2,(H,12,13)(H,14,15). The molecule has 0 aromatic carbocycles. The number of hydrogen-bond acceptors (Lipinski definition) is 5. The van der Waals surface area contributed by atoms with Gasteiger partial charge in [0.25, 0.3) is 0 Å². The molecule has 1 aliphatic heterocycles. The van der Waals surface area contributed by atoms with Crippen LogP contribution in [0.2, 0.25) is 0 Å². The highest BCUT2D eigenvalue weighted by atomic mass is 32.2. The Labute approximate surface area is 107 Å². The minimum absolute atomic E-state index is 0.137. The van der Waals surface area contributed by atoms with Crippen molar-refractivity contribution in [2.24, 2.45) is 0 Å². The van der Waals surface area contributed by atoms with Gasteiger partial charge in [0, 0.05) is 13.0 Å². The number of thiocarbonyl (C=S) groups is 1. The van der Waals surface area contributed by atoms with E-state index in [9.17, 15) is 14.4 Å². The van der Waals surface area contributed by atoms with Gasteiger partial charge < -0.3 is 10.2 Å². The van der Waals surface area contributed by atoms with Crippen LogP contribution in [-0.4, -0.2) is 49.1 Å². The summed E-state index contributed by atoms with van der Waals surface area (Å²) in [5, 5.41) is 16.2. The van der Waals surface area contributed by atoms with E-state index in [2.05, 4.69) is 0 Å². The van der Waals surface area contributed by atoms with Gasteiger partial charge in [-0.3, -0.25) is 19.3 Å². The molecule has 8 heteroatoms. The Morgan fingerprint density at radius 1 is 1.47 bits per heavy atom. The molecular formula is C9H11NO5S2. The van der Waals surface area contributed by atoms with Crippen molar-refractivity contribution in [1.29, 1.82) is 0 Å². The van der Waals surface area contributed by atoms with Gasteiger partial charge in [0.15, 0.2) is 0 Å². The summed E-state index contributed by atoms with van der Waals surface area (Å²) >= 11 is 5.69. The van der Waals surface area contributed by atoms with Crippen LogP contribution in [0.25, 0.3) is 0 Å². The molecule has 0 aromatic rings. The maximum absolute atomic E-state index is 11.4. The predicted octanol–water partition coefficient (Wildman–Crippen LogP) is 0.555. The molecule has 1 fully saturated rings. The molecule has 0 radical (unpaired) electrons. The number of likely N-dealkylation sites (tertiary alicyclic amines) is 1. The van der Waals surface area contributed by atoms with Gasteiger partial charge in [-0.1, -0.05) is 24.0 Å². The molecule has 1 unspecified atom stereocenters. The highest BCUT2D eigenvalue weighted by Crippen LogP contribution is 2.23. The normalized spacial score (nSPS) is 16.9. The van der Waals surface area contributed by atoms with Crippen molar-refractivity contribution >= 4 is 46.1 Å². The Morgan fingerprint density at radius 2 is 2.12 bits per heavy atom. The maximum atomic E-state index is 11.4. The van der Waals surface area contributed by atoms with Crippen molar-refractivity contribution < 1.29 is 24.6 Å². The number of nitrogens with zero attached hydrogens (tertiary/aromatic N) is 1. The predicted molar refractivity (Wildman–Crippen MR) is 64.8 cm³/mol. The topological polar surface area (TPSA) is 94.9 Å². The van der Waals surface area contributed by atoms with Gasteiger partial charge in [0.2, 0.25) is 5.91 Å². The van der Waals surface area contributed by atoms with E-state index >= 15 is 0 Å². The van der Waals surface area contributed by atoms with E-state index in [-0.39, 0.29) is 10.2 Å². The number of carbonyl (C=O) groups excluding carboxylic acids is 1. The van der Waals surface area contributed by atoms with Gasteiger partial charge in [-0.15, -0.1) is 0 Å². The second kappa shape index (κ2) is 5.97. The van der Waals surface area contributed by atoms with Crippen LogP contribution < -0.4 is 0 Å². The lowest BCUT2D eigenvalue weighted by atomic mass is 10.3. The third kappa shape index (κ3) is 3.97. The minimum atomic E-state index is -1.24. The first-order valence-electron chi connectivity index (χ1n) is 4.87. The van der Waals surface area contributed by atoms with E-state index in [4.69, 9.17) is 22.4 Å². The van der Waals surface area contributed by atoms with E-state index in [0.717, 1.165) is 11.8 Å². The zero-order chi connectivity index (χ0) is 13.0. The lowest BCUT2D eigenvalue weighted by Crippen LogP contribution is -2.32. The summed E-state index contributed by atoms with van der Waals surface area (Å²) in [6.45, 7) is 0.476. The van der Waals surface area contributed by atoms with Crippen LogP contribution in [0.3, 0.4) is 0 Å². The van der Waals surface area contributed by atoms with Crippen LogP contribution in [0.5, 0.6) is 0 Å². The van der Waals surface area contributed by atoms with Gasteiger partial charge in [-0.05, 0) is 6.42 Å². The molecule has 0 spiro atoms. The van der Waals surface area contributed by atoms with Gasteiger partial charge in [-0.25, -0.2) is 0 Å². The molecule has 1 rings (SSSR count). The molecule has 0 aliphatic carbocycles. The average molecular weight is 277 g/mol. The first kappa shape index (κ1) is 13.9. The Balaban J connectivity index is 2.60. The number of carbonyl (C=O) groups is 3. The van der Waals surface area contributed by atoms with Gasteiger partial charge >= 0.3 is 11.9 Å². The molecular weight excluding hydrogens is 266 g/mol. The Kier molecular flexibility index (Phi) is 4.88. The van der Waals surface area contributed by atoms with E-state index in [1.54, 1.807) is 0 Å². The summed E-state index contributed by atoms with van der Waals surface area (Å²) < 4.78 is 0.140. The highest BCUT2D eigenvalue weighted by molar-refractivity contribution is 8.23. The monoisotopic (exact) mass is 277 g/mol. The van der Waals surface area contributed by atoms with Crippen molar-refractivity contribution in [3.63, 3.8) is 0 Å². The first-order chi connectivity index (χ1) is 7.91. The quantitative estimate of drug-likeness (QED) is 0.725. The molecule has 1 aliphatic rings. The van der Waals surface area contributed by atoms with Crippen LogP contribution in [0.4, 0.5) is 0 Å². The Morgan fingerprint density at radius 3 is 2.53 bits per heavy atom. The Bertz CT molecular complexity index is 370. The second-order valence-electron chi connectivity index (χ2n) is 3.46. The van der Waals surface area contributed by atoms with Crippen LogP contribution in [0.15, 0.2) is 0 Å². The fourth-order valence-electron chi connectivity index (χ4n) is 1.36. The van der Waals surface area contributed by atoms with Gasteiger partial charge in [0.05, 0.1) is 6.42 Å². The molecule has 6 nitrogen and oxygen atoms in total. The number of thioether (sulfide) groups is 1. The SMILES string of the molecule is O=C(O)CC(SC(=S)N1CCCC1=O)C(=O)O. The number of carboxylic acids is 2. The smallest absolute Gasteiger partial charge is 0.317 e. The molecule has 94 valence electrons. The number of amides is 1. The van der Waals surface area contributed by atoms with E-state index in [0.29, 0.717) is 19.4 Å². The average Bonchev–Trinajstić information content (AvgIpc) is 2.62. The third-order valence-electron chi connectivity index (χ3n) is 2.17. The van der Waals surface area contributed by atoms with Crippen LogP contribution in [0, 0.1) is 0 Å². The molecule has 2 N–H and O–H groups in total. The van der Waals surface area contributed by atoms with Crippen LogP contribution in [-0.2, 0) is 14.4 Å². The zero-order valence-electron chi connectivity index (χ0n) is 8.79. The van der Waals surface area contributed by atoms with Crippen molar-refractivity contribution in [3.05, 3.63) is 0 Å². The van der Waals surface area contributed by atoms with Crippen molar-refractivity contribution in [3.8, 4) is 0 Å². The lowest BCUT2D eigenvalue weighted by molar-refractivity contribution is -0.142. The first-order valence-corrected chi connectivity index (χ1v) is 6.16. The van der Waals surface area contributed by atoms with E-state index in [1.165, 1.54) is 4.90 Å². The molecule has 1 amide bonds. The number of rotatable bonds is 4. The van der Waals surface area contributed by atoms with Crippen molar-refractivity contribution in [1.82, 2.24) is 4.90 Å². The fraction of sp³-hybridized carbons (Fsp3) is 0.556. The summed E-state index contributed by atoms with van der Waals surface area (Å²) in [6.07, 6.45) is 0.565. The number of aliphatic carboxylic acids is 2. The summed E-state index contributed by atoms with van der Waals surface area (Å²) in [4.78, 5) is 34.0. The number of hydrogen-bond donors (Lipinski definition) is 2. The molecule has 1 heterocycles. The molecule has 0 bridgehead atoms. The van der Waals surface area contributed by atoms with Crippen LogP contribution in [0.1, 0.15) is 19.3 Å². The van der Waals surface area contributed by atoms with Gasteiger partial charge in [-0.2, -0.15) is 0 Å². The molecule has 1 saturated heterocycles. The summed E-state index contributed by atoms with van der Waals surface area (Å²) in [5.41, 5.74) is 0. The maximum Gasteiger partial charge on any atom is 0.317 e. The van der Waals surface area contributed by atoms with Crippen LogP contribution >= 0.6 is 24.0 Å². The van der Waals surface area contributed by atoms with Crippen molar-refractivity contribution in [2.75, 3.05) is 6.54 Å². The molecule has 0 aromatic heterocycles. The van der Waals surface area contributed by atoms with Gasteiger partial charge in [0.1, 0.15) is 9.57 Å². The third-order valence-corrected chi connectivity index (χ3v) is 3.76. The second-order valence-corrected chi connectivity index (χ2v) is 5.29. The summed E-state index contributed by atoms with van der Waals surface area (Å²) in [5.74, 6) is -2.59. The van der Waals surface area contributed by atoms with E-state index < -0.39 is 23.6 Å².